The van der Waals surface area contributed by atoms with Gasteiger partial charge in [0, 0.05) is 17.8 Å². The summed E-state index contributed by atoms with van der Waals surface area (Å²) in [6.07, 6.45) is 9.68. The summed E-state index contributed by atoms with van der Waals surface area (Å²) >= 11 is 0. The molecule has 1 heteroatoms. The van der Waals surface area contributed by atoms with Gasteiger partial charge in [-0.15, -0.1) is 0 Å². The molecule has 1 atom stereocenters. The Labute approximate surface area is 73.2 Å². The van der Waals surface area contributed by atoms with E-state index in [-0.39, 0.29) is 0 Å². The number of fused-ring (bicyclic) bond motifs is 1. The van der Waals surface area contributed by atoms with Gasteiger partial charge in [-0.25, -0.2) is 0 Å². The maximum atomic E-state index is 4.28. The van der Waals surface area contributed by atoms with E-state index in [9.17, 15) is 0 Å². The van der Waals surface area contributed by atoms with Crippen molar-refractivity contribution in [1.82, 2.24) is 0 Å². The lowest BCUT2D eigenvalue weighted by atomic mass is 9.84. The van der Waals surface area contributed by atoms with Crippen LogP contribution in [0.3, 0.4) is 0 Å². The van der Waals surface area contributed by atoms with Crippen LogP contribution in [0.15, 0.2) is 40.6 Å². The van der Waals surface area contributed by atoms with Gasteiger partial charge in [0.15, 0.2) is 0 Å². The van der Waals surface area contributed by atoms with Crippen molar-refractivity contribution in [2.45, 2.75) is 20.3 Å². The van der Waals surface area contributed by atoms with E-state index in [1.54, 1.807) is 0 Å². The molecular formula is C11H13N. The van der Waals surface area contributed by atoms with Crippen molar-refractivity contribution in [2.24, 2.45) is 10.9 Å². The predicted octanol–water partition coefficient (Wildman–Crippen LogP) is 2.87. The van der Waals surface area contributed by atoms with Gasteiger partial charge in [-0.05, 0) is 25.8 Å². The minimum absolute atomic E-state index is 0.590. The van der Waals surface area contributed by atoms with Crippen LogP contribution in [-0.4, -0.2) is 5.71 Å². The fourth-order valence-electron chi connectivity index (χ4n) is 1.77. The molecule has 0 aromatic carbocycles. The number of nitrogens with zero attached hydrogens (tertiary/aromatic N) is 1. The van der Waals surface area contributed by atoms with Gasteiger partial charge in [-0.2, -0.15) is 0 Å². The van der Waals surface area contributed by atoms with Crippen LogP contribution in [0.2, 0.25) is 0 Å². The van der Waals surface area contributed by atoms with Crippen LogP contribution in [-0.2, 0) is 0 Å². The molecule has 0 aromatic rings. The minimum atomic E-state index is 0.590. The molecule has 62 valence electrons. The molecule has 0 radical (unpaired) electrons. The summed E-state index contributed by atoms with van der Waals surface area (Å²) in [5.41, 5.74) is 4.03. The third-order valence-electron chi connectivity index (χ3n) is 2.49. The Morgan fingerprint density at radius 1 is 1.33 bits per heavy atom. The van der Waals surface area contributed by atoms with E-state index in [0.717, 1.165) is 6.42 Å². The molecule has 1 aliphatic heterocycles. The normalized spacial score (nSPS) is 27.2. The van der Waals surface area contributed by atoms with Gasteiger partial charge in [0.2, 0.25) is 0 Å². The van der Waals surface area contributed by atoms with Gasteiger partial charge < -0.3 is 0 Å². The molecule has 0 aromatic heterocycles. The van der Waals surface area contributed by atoms with Crippen molar-refractivity contribution >= 4 is 5.71 Å². The molecule has 1 nitrogen and oxygen atoms in total. The molecule has 1 aliphatic carbocycles. The quantitative estimate of drug-likeness (QED) is 0.515. The highest BCUT2D eigenvalue weighted by molar-refractivity contribution is 6.00. The lowest BCUT2D eigenvalue weighted by molar-refractivity contribution is 0.751. The second-order valence-corrected chi connectivity index (χ2v) is 3.50. The molecule has 0 saturated carbocycles. The van der Waals surface area contributed by atoms with E-state index >= 15 is 0 Å². The highest BCUT2D eigenvalue weighted by Crippen LogP contribution is 2.29. The molecule has 2 aliphatic rings. The Balaban J connectivity index is 2.39. The van der Waals surface area contributed by atoms with Crippen LogP contribution < -0.4 is 0 Å². The van der Waals surface area contributed by atoms with Crippen molar-refractivity contribution < 1.29 is 0 Å². The molecule has 0 bridgehead atoms. The summed E-state index contributed by atoms with van der Waals surface area (Å²) in [4.78, 5) is 4.28. The number of allylic oxidation sites excluding steroid dienone is 5. The second-order valence-electron chi connectivity index (χ2n) is 3.50. The summed E-state index contributed by atoms with van der Waals surface area (Å²) < 4.78 is 0. The molecule has 0 amide bonds. The van der Waals surface area contributed by atoms with Gasteiger partial charge in [0.1, 0.15) is 0 Å². The number of hydrogen-bond acceptors (Lipinski definition) is 1. The van der Waals surface area contributed by atoms with E-state index in [4.69, 9.17) is 0 Å². The predicted molar refractivity (Wildman–Crippen MR) is 52.2 cm³/mol. The molecular weight excluding hydrogens is 146 g/mol. The maximum absolute atomic E-state index is 4.28. The molecule has 0 spiro atoms. The highest BCUT2D eigenvalue weighted by atomic mass is 14.7. The Morgan fingerprint density at radius 3 is 3.00 bits per heavy atom. The fourth-order valence-corrected chi connectivity index (χ4v) is 1.77. The van der Waals surface area contributed by atoms with Gasteiger partial charge in [0.05, 0.1) is 0 Å². The summed E-state index contributed by atoms with van der Waals surface area (Å²) in [6, 6.07) is 0. The second kappa shape index (κ2) is 2.74. The summed E-state index contributed by atoms with van der Waals surface area (Å²) in [6.45, 7) is 4.26. The van der Waals surface area contributed by atoms with Crippen molar-refractivity contribution in [2.75, 3.05) is 0 Å². The van der Waals surface area contributed by atoms with Crippen LogP contribution in [0.25, 0.3) is 0 Å². The van der Waals surface area contributed by atoms with E-state index in [2.05, 4.69) is 37.1 Å². The smallest absolute Gasteiger partial charge is 0.0410 e. The third kappa shape index (κ3) is 1.15. The monoisotopic (exact) mass is 159 g/mol. The van der Waals surface area contributed by atoms with Gasteiger partial charge in [0.25, 0.3) is 0 Å². The first-order valence-corrected chi connectivity index (χ1v) is 4.36. The average molecular weight is 159 g/mol. The molecule has 0 saturated heterocycles. The van der Waals surface area contributed by atoms with Crippen LogP contribution in [0.1, 0.15) is 20.3 Å². The van der Waals surface area contributed by atoms with Crippen LogP contribution in [0.5, 0.6) is 0 Å². The van der Waals surface area contributed by atoms with Gasteiger partial charge >= 0.3 is 0 Å². The fraction of sp³-hybridized carbons (Fsp3) is 0.364. The zero-order valence-electron chi connectivity index (χ0n) is 7.54. The maximum Gasteiger partial charge on any atom is 0.0410 e. The molecule has 2 rings (SSSR count). The molecule has 1 heterocycles. The Morgan fingerprint density at radius 2 is 2.17 bits per heavy atom. The summed E-state index contributed by atoms with van der Waals surface area (Å²) in [5.74, 6) is 0.590. The van der Waals surface area contributed by atoms with E-state index in [1.165, 1.54) is 16.9 Å². The van der Waals surface area contributed by atoms with Crippen molar-refractivity contribution in [3.05, 3.63) is 35.6 Å². The lowest BCUT2D eigenvalue weighted by Gasteiger charge is -2.22. The summed E-state index contributed by atoms with van der Waals surface area (Å²) in [5, 5.41) is 0. The summed E-state index contributed by atoms with van der Waals surface area (Å²) in [7, 11) is 0. The van der Waals surface area contributed by atoms with Crippen molar-refractivity contribution in [3.63, 3.8) is 0 Å². The van der Waals surface area contributed by atoms with Crippen molar-refractivity contribution in [3.8, 4) is 0 Å². The van der Waals surface area contributed by atoms with Crippen LogP contribution >= 0.6 is 0 Å². The first-order valence-electron chi connectivity index (χ1n) is 4.36. The lowest BCUT2D eigenvalue weighted by Crippen LogP contribution is -2.14. The zero-order valence-corrected chi connectivity index (χ0v) is 7.54. The van der Waals surface area contributed by atoms with E-state index in [0.29, 0.717) is 5.92 Å². The third-order valence-corrected chi connectivity index (χ3v) is 2.49. The highest BCUT2D eigenvalue weighted by Gasteiger charge is 2.18. The van der Waals surface area contributed by atoms with E-state index < -0.39 is 0 Å². The molecule has 12 heavy (non-hydrogen) atoms. The SMILES string of the molecule is CC1=CC=C2C(C)=NC=CC2C1. The Kier molecular flexibility index (Phi) is 1.72. The minimum Gasteiger partial charge on any atom is -0.262 e. The van der Waals surface area contributed by atoms with E-state index in [1.807, 2.05) is 6.20 Å². The standard InChI is InChI=1S/C11H13N/c1-8-3-4-11-9(2)12-6-5-10(11)7-8/h3-6,10H,7H2,1-2H3. The molecule has 1 unspecified atom stereocenters. The Hall–Kier alpha value is -1.11. The van der Waals surface area contributed by atoms with Crippen molar-refractivity contribution in [1.29, 1.82) is 0 Å². The largest absolute Gasteiger partial charge is 0.262 e. The first kappa shape index (κ1) is 7.53. The average Bonchev–Trinajstić information content (AvgIpc) is 2.04. The van der Waals surface area contributed by atoms with Crippen LogP contribution in [0, 0.1) is 5.92 Å². The Bertz CT molecular complexity index is 316. The first-order chi connectivity index (χ1) is 5.77. The zero-order chi connectivity index (χ0) is 8.55. The number of hydrogen-bond donors (Lipinski definition) is 0. The molecule has 0 N–H and O–H groups in total. The number of rotatable bonds is 0. The number of aliphatic imine (C=N–C) groups is 1. The van der Waals surface area contributed by atoms with Gasteiger partial charge in [-0.3, -0.25) is 4.99 Å². The topological polar surface area (TPSA) is 12.4 Å². The van der Waals surface area contributed by atoms with Crippen LogP contribution in [0.4, 0.5) is 0 Å². The molecule has 0 fully saturated rings. The van der Waals surface area contributed by atoms with Gasteiger partial charge in [-0.1, -0.05) is 23.8 Å².